The number of carboxylic acids is 1. The van der Waals surface area contributed by atoms with Gasteiger partial charge in [-0.2, -0.15) is 8.42 Å². The molecule has 0 aliphatic carbocycles. The third-order valence-corrected chi connectivity index (χ3v) is 2.67. The lowest BCUT2D eigenvalue weighted by atomic mass is 10.2. The molecule has 0 aromatic carbocycles. The fourth-order valence-electron chi connectivity index (χ4n) is 0.774. The quantitative estimate of drug-likeness (QED) is 0.516. The van der Waals surface area contributed by atoms with Crippen LogP contribution in [-0.2, 0) is 15.0 Å². The smallest absolute Gasteiger partial charge is 0.303 e. The van der Waals surface area contributed by atoms with Gasteiger partial charge >= 0.3 is 5.97 Å². The van der Waals surface area contributed by atoms with Crippen molar-refractivity contribution in [2.75, 3.05) is 13.1 Å². The SMILES string of the molecule is CC(C)CNS(=O)(=O)NCCCC(=O)O. The van der Waals surface area contributed by atoms with Crippen molar-refractivity contribution in [2.24, 2.45) is 5.92 Å². The first-order chi connectivity index (χ1) is 6.83. The Labute approximate surface area is 90.2 Å². The van der Waals surface area contributed by atoms with Gasteiger partial charge < -0.3 is 5.11 Å². The van der Waals surface area contributed by atoms with E-state index < -0.39 is 16.2 Å². The second-order valence-electron chi connectivity index (χ2n) is 3.64. The van der Waals surface area contributed by atoms with Crippen LogP contribution in [0.4, 0.5) is 0 Å². The summed E-state index contributed by atoms with van der Waals surface area (Å²) in [7, 11) is -3.47. The lowest BCUT2D eigenvalue weighted by Gasteiger charge is -2.09. The van der Waals surface area contributed by atoms with E-state index in [1.54, 1.807) is 0 Å². The third-order valence-electron chi connectivity index (χ3n) is 1.54. The van der Waals surface area contributed by atoms with Crippen LogP contribution < -0.4 is 9.44 Å². The summed E-state index contributed by atoms with van der Waals surface area (Å²) in [5.41, 5.74) is 0. The van der Waals surface area contributed by atoms with Crippen molar-refractivity contribution in [1.82, 2.24) is 9.44 Å². The molecule has 0 spiro atoms. The largest absolute Gasteiger partial charge is 0.481 e. The second kappa shape index (κ2) is 6.76. The van der Waals surface area contributed by atoms with Crippen molar-refractivity contribution in [1.29, 1.82) is 0 Å². The highest BCUT2D eigenvalue weighted by atomic mass is 32.2. The molecule has 0 atom stereocenters. The Morgan fingerprint density at radius 3 is 2.40 bits per heavy atom. The normalized spacial score (nSPS) is 11.9. The fourth-order valence-corrected chi connectivity index (χ4v) is 1.84. The van der Waals surface area contributed by atoms with E-state index in [0.29, 0.717) is 6.54 Å². The molecule has 7 heteroatoms. The van der Waals surface area contributed by atoms with Crippen LogP contribution >= 0.6 is 0 Å². The van der Waals surface area contributed by atoms with Crippen LogP contribution in [0.25, 0.3) is 0 Å². The Kier molecular flexibility index (Phi) is 6.46. The minimum Gasteiger partial charge on any atom is -0.481 e. The summed E-state index contributed by atoms with van der Waals surface area (Å²) in [5, 5.41) is 8.33. The Balaban J connectivity index is 3.70. The first-order valence-electron chi connectivity index (χ1n) is 4.79. The minimum atomic E-state index is -3.47. The third kappa shape index (κ3) is 9.64. The molecule has 0 saturated heterocycles. The summed E-state index contributed by atoms with van der Waals surface area (Å²) in [6.07, 6.45) is 0.255. The van der Waals surface area contributed by atoms with E-state index in [1.165, 1.54) is 0 Å². The topological polar surface area (TPSA) is 95.5 Å². The molecule has 0 saturated carbocycles. The van der Waals surface area contributed by atoms with Crippen LogP contribution in [-0.4, -0.2) is 32.6 Å². The van der Waals surface area contributed by atoms with Crippen molar-refractivity contribution in [2.45, 2.75) is 26.7 Å². The van der Waals surface area contributed by atoms with Crippen molar-refractivity contribution in [3.63, 3.8) is 0 Å². The molecule has 90 valence electrons. The summed E-state index contributed by atoms with van der Waals surface area (Å²) in [5.74, 6) is -0.690. The number of aliphatic carboxylic acids is 1. The van der Waals surface area contributed by atoms with Crippen molar-refractivity contribution < 1.29 is 18.3 Å². The van der Waals surface area contributed by atoms with Crippen LogP contribution in [0.3, 0.4) is 0 Å². The highest BCUT2D eigenvalue weighted by Gasteiger charge is 2.08. The average molecular weight is 238 g/mol. The Hall–Kier alpha value is -0.660. The van der Waals surface area contributed by atoms with Crippen molar-refractivity contribution in [3.8, 4) is 0 Å². The van der Waals surface area contributed by atoms with Gasteiger partial charge in [-0.15, -0.1) is 0 Å². The molecule has 0 fully saturated rings. The standard InChI is InChI=1S/C8H18N2O4S/c1-7(2)6-10-15(13,14)9-5-3-4-8(11)12/h7,9-10H,3-6H2,1-2H3,(H,11,12). The molecule has 0 aromatic heterocycles. The van der Waals surface area contributed by atoms with Gasteiger partial charge in [0.15, 0.2) is 0 Å². The van der Waals surface area contributed by atoms with E-state index in [4.69, 9.17) is 5.11 Å². The zero-order valence-corrected chi connectivity index (χ0v) is 9.80. The zero-order valence-electron chi connectivity index (χ0n) is 8.99. The molecule has 0 radical (unpaired) electrons. The van der Waals surface area contributed by atoms with Gasteiger partial charge in [0, 0.05) is 19.5 Å². The maximum absolute atomic E-state index is 11.2. The van der Waals surface area contributed by atoms with E-state index >= 15 is 0 Å². The number of carboxylic acid groups (broad SMARTS) is 1. The Bertz CT molecular complexity index is 287. The summed E-state index contributed by atoms with van der Waals surface area (Å²) >= 11 is 0. The van der Waals surface area contributed by atoms with Gasteiger partial charge in [-0.1, -0.05) is 13.8 Å². The number of nitrogens with one attached hydrogen (secondary N) is 2. The highest BCUT2D eigenvalue weighted by Crippen LogP contribution is 1.90. The maximum atomic E-state index is 11.2. The first-order valence-corrected chi connectivity index (χ1v) is 6.28. The van der Waals surface area contributed by atoms with E-state index in [2.05, 4.69) is 9.44 Å². The number of rotatable bonds is 8. The van der Waals surface area contributed by atoms with Crippen LogP contribution in [0.1, 0.15) is 26.7 Å². The molecule has 0 amide bonds. The average Bonchev–Trinajstić information content (AvgIpc) is 2.09. The number of hydrogen-bond donors (Lipinski definition) is 3. The van der Waals surface area contributed by atoms with Crippen molar-refractivity contribution >= 4 is 16.2 Å². The van der Waals surface area contributed by atoms with Gasteiger partial charge in [0.1, 0.15) is 0 Å². The van der Waals surface area contributed by atoms with Gasteiger partial charge in [-0.3, -0.25) is 4.79 Å². The molecule has 3 N–H and O–H groups in total. The molecular weight excluding hydrogens is 220 g/mol. The molecule has 0 unspecified atom stereocenters. The Morgan fingerprint density at radius 2 is 1.93 bits per heavy atom. The predicted molar refractivity (Wildman–Crippen MR) is 56.6 cm³/mol. The molecule has 6 nitrogen and oxygen atoms in total. The number of hydrogen-bond acceptors (Lipinski definition) is 3. The van der Waals surface area contributed by atoms with Gasteiger partial charge in [0.05, 0.1) is 0 Å². The second-order valence-corrected chi connectivity index (χ2v) is 5.22. The Morgan fingerprint density at radius 1 is 1.33 bits per heavy atom. The highest BCUT2D eigenvalue weighted by molar-refractivity contribution is 7.87. The molecular formula is C8H18N2O4S. The van der Waals surface area contributed by atoms with Crippen LogP contribution in [0, 0.1) is 5.92 Å². The maximum Gasteiger partial charge on any atom is 0.303 e. The summed E-state index contributed by atoms with van der Waals surface area (Å²) in [6, 6.07) is 0. The molecule has 15 heavy (non-hydrogen) atoms. The van der Waals surface area contributed by atoms with Crippen molar-refractivity contribution in [3.05, 3.63) is 0 Å². The molecule has 0 aliphatic rings. The van der Waals surface area contributed by atoms with Crippen LogP contribution in [0.15, 0.2) is 0 Å². The summed E-state index contributed by atoms with van der Waals surface area (Å²) < 4.78 is 27.0. The molecule has 0 aliphatic heterocycles. The summed E-state index contributed by atoms with van der Waals surface area (Å²) in [6.45, 7) is 4.30. The van der Waals surface area contributed by atoms with Crippen LogP contribution in [0.5, 0.6) is 0 Å². The minimum absolute atomic E-state index is 0.0350. The fraction of sp³-hybridized carbons (Fsp3) is 0.875. The van der Waals surface area contributed by atoms with Gasteiger partial charge in [-0.25, -0.2) is 9.44 Å². The van der Waals surface area contributed by atoms with E-state index in [0.717, 1.165) is 0 Å². The molecule has 0 heterocycles. The molecule has 0 rings (SSSR count). The van der Waals surface area contributed by atoms with E-state index in [1.807, 2.05) is 13.8 Å². The first kappa shape index (κ1) is 14.3. The van der Waals surface area contributed by atoms with Gasteiger partial charge in [0.2, 0.25) is 0 Å². The molecule has 0 aromatic rings. The lowest BCUT2D eigenvalue weighted by Crippen LogP contribution is -2.38. The van der Waals surface area contributed by atoms with E-state index in [9.17, 15) is 13.2 Å². The monoisotopic (exact) mass is 238 g/mol. The van der Waals surface area contributed by atoms with E-state index in [-0.39, 0.29) is 25.3 Å². The van der Waals surface area contributed by atoms with Gasteiger partial charge in [0.25, 0.3) is 10.2 Å². The lowest BCUT2D eigenvalue weighted by molar-refractivity contribution is -0.137. The molecule has 0 bridgehead atoms. The summed E-state index contributed by atoms with van der Waals surface area (Å²) in [4.78, 5) is 10.1. The van der Waals surface area contributed by atoms with Gasteiger partial charge in [-0.05, 0) is 12.3 Å². The predicted octanol–water partition coefficient (Wildman–Crippen LogP) is -0.0688. The van der Waals surface area contributed by atoms with Crippen LogP contribution in [0.2, 0.25) is 0 Å². The zero-order chi connectivity index (χ0) is 11.9. The number of carbonyl (C=O) groups is 1.